The second kappa shape index (κ2) is 6.10. The van der Waals surface area contributed by atoms with E-state index in [1.165, 1.54) is 19.8 Å². The van der Waals surface area contributed by atoms with Crippen molar-refractivity contribution in [2.24, 2.45) is 0 Å². The van der Waals surface area contributed by atoms with Crippen molar-refractivity contribution in [3.63, 3.8) is 0 Å². The number of benzene rings is 1. The van der Waals surface area contributed by atoms with Gasteiger partial charge in [-0.1, -0.05) is 12.1 Å². The van der Waals surface area contributed by atoms with Gasteiger partial charge in [-0.15, -0.1) is 34.7 Å². The second-order valence-corrected chi connectivity index (χ2v) is 6.52. The number of halogens is 2. The Balaban J connectivity index is 1.94. The molecule has 0 bridgehead atoms. The van der Waals surface area contributed by atoms with E-state index in [1.807, 2.05) is 11.8 Å². The molecule has 0 fully saturated rings. The molecule has 1 aromatic heterocycles. The van der Waals surface area contributed by atoms with Crippen LogP contribution in [0.25, 0.3) is 0 Å². The van der Waals surface area contributed by atoms with Gasteiger partial charge in [-0.3, -0.25) is 0 Å². The van der Waals surface area contributed by atoms with Crippen molar-refractivity contribution in [2.45, 2.75) is 16.5 Å². The van der Waals surface area contributed by atoms with Crippen LogP contribution in [0, 0.1) is 0 Å². The maximum absolute atomic E-state index is 5.74. The first-order chi connectivity index (χ1) is 7.78. The van der Waals surface area contributed by atoms with Crippen LogP contribution in [0.1, 0.15) is 10.4 Å². The van der Waals surface area contributed by atoms with Gasteiger partial charge in [-0.25, -0.2) is 0 Å². The highest BCUT2D eigenvalue weighted by molar-refractivity contribution is 9.10. The van der Waals surface area contributed by atoms with Crippen molar-refractivity contribution >= 4 is 50.6 Å². The fourth-order valence-corrected chi connectivity index (χ4v) is 3.84. The van der Waals surface area contributed by atoms with Gasteiger partial charge in [0.1, 0.15) is 0 Å². The predicted octanol–water partition coefficient (Wildman–Crippen LogP) is 5.54. The molecule has 0 radical (unpaired) electrons. The van der Waals surface area contributed by atoms with Crippen LogP contribution >= 0.6 is 50.6 Å². The average molecular weight is 334 g/mol. The summed E-state index contributed by atoms with van der Waals surface area (Å²) in [4.78, 5) is 2.68. The Morgan fingerprint density at radius 1 is 1.25 bits per heavy atom. The summed E-state index contributed by atoms with van der Waals surface area (Å²) in [5.41, 5.74) is 1.17. The highest BCUT2D eigenvalue weighted by atomic mass is 79.9. The molecule has 2 aromatic rings. The van der Waals surface area contributed by atoms with Crippen LogP contribution in [-0.4, -0.2) is 0 Å². The van der Waals surface area contributed by atoms with E-state index in [4.69, 9.17) is 11.6 Å². The number of hydrogen-bond donors (Lipinski definition) is 0. The van der Waals surface area contributed by atoms with E-state index < -0.39 is 0 Å². The first-order valence-corrected chi connectivity index (χ1v) is 7.98. The topological polar surface area (TPSA) is 0 Å². The van der Waals surface area contributed by atoms with Crippen LogP contribution < -0.4 is 0 Å². The Labute approximate surface area is 117 Å². The molecule has 0 aliphatic carbocycles. The molecule has 0 N–H and O–H groups in total. The maximum Gasteiger partial charge on any atom is 0.0474 e. The normalized spacial score (nSPS) is 10.6. The molecular formula is C12H10BrClS2. The summed E-state index contributed by atoms with van der Waals surface area (Å²) < 4.78 is 1.17. The lowest BCUT2D eigenvalue weighted by atomic mass is 10.2. The first-order valence-electron chi connectivity index (χ1n) is 4.78. The molecule has 2 rings (SSSR count). The fraction of sp³-hybridized carbons (Fsp3) is 0.167. The highest BCUT2D eigenvalue weighted by Gasteiger charge is 1.99. The fourth-order valence-electron chi connectivity index (χ4n) is 1.26. The first kappa shape index (κ1) is 12.5. The summed E-state index contributed by atoms with van der Waals surface area (Å²) in [7, 11) is 0. The van der Waals surface area contributed by atoms with Gasteiger partial charge in [0.2, 0.25) is 0 Å². The van der Waals surface area contributed by atoms with Gasteiger partial charge in [0.15, 0.2) is 0 Å². The van der Waals surface area contributed by atoms with E-state index in [2.05, 4.69) is 51.6 Å². The van der Waals surface area contributed by atoms with E-state index in [0.717, 1.165) is 5.75 Å². The average Bonchev–Trinajstić information content (AvgIpc) is 2.73. The van der Waals surface area contributed by atoms with E-state index in [9.17, 15) is 0 Å². The van der Waals surface area contributed by atoms with Crippen LogP contribution in [0.3, 0.4) is 0 Å². The number of rotatable bonds is 4. The van der Waals surface area contributed by atoms with Gasteiger partial charge in [-0.05, 0) is 39.7 Å². The zero-order valence-corrected chi connectivity index (χ0v) is 12.4. The van der Waals surface area contributed by atoms with Crippen LogP contribution in [0.2, 0.25) is 0 Å². The monoisotopic (exact) mass is 332 g/mol. The summed E-state index contributed by atoms with van der Waals surface area (Å²) in [5, 5.41) is 2.12. The maximum atomic E-state index is 5.74. The van der Waals surface area contributed by atoms with Gasteiger partial charge in [0.25, 0.3) is 0 Å². The van der Waals surface area contributed by atoms with Crippen molar-refractivity contribution in [1.29, 1.82) is 0 Å². The molecule has 1 aromatic carbocycles. The number of alkyl halides is 1. The lowest BCUT2D eigenvalue weighted by Crippen LogP contribution is -1.78. The zero-order valence-electron chi connectivity index (χ0n) is 8.45. The van der Waals surface area contributed by atoms with Gasteiger partial charge in [-0.2, -0.15) is 0 Å². The molecular weight excluding hydrogens is 324 g/mol. The molecule has 0 aliphatic rings. The Hall–Kier alpha value is 0.0400. The standard InChI is InChI=1S/C12H10BrClS2/c13-10-5-12(15-7-10)8-16-11-3-1-9(6-14)2-4-11/h1-5,7H,6,8H2. The molecule has 84 valence electrons. The molecule has 16 heavy (non-hydrogen) atoms. The van der Waals surface area contributed by atoms with Crippen LogP contribution in [0.4, 0.5) is 0 Å². The number of hydrogen-bond acceptors (Lipinski definition) is 2. The van der Waals surface area contributed by atoms with Gasteiger partial charge in [0, 0.05) is 31.3 Å². The Bertz CT molecular complexity index is 450. The molecule has 0 nitrogen and oxygen atoms in total. The van der Waals surface area contributed by atoms with Crippen LogP contribution in [0.15, 0.2) is 45.1 Å². The molecule has 1 heterocycles. The highest BCUT2D eigenvalue weighted by Crippen LogP contribution is 2.28. The Morgan fingerprint density at radius 2 is 2.00 bits per heavy atom. The summed E-state index contributed by atoms with van der Waals surface area (Å²) in [6.07, 6.45) is 0. The predicted molar refractivity (Wildman–Crippen MR) is 77.6 cm³/mol. The van der Waals surface area contributed by atoms with E-state index in [1.54, 1.807) is 11.3 Å². The van der Waals surface area contributed by atoms with Gasteiger partial charge >= 0.3 is 0 Å². The smallest absolute Gasteiger partial charge is 0.0474 e. The van der Waals surface area contributed by atoms with Gasteiger partial charge in [0.05, 0.1) is 0 Å². The lowest BCUT2D eigenvalue weighted by Gasteiger charge is -2.00. The van der Waals surface area contributed by atoms with Crippen LogP contribution in [0.5, 0.6) is 0 Å². The largest absolute Gasteiger partial charge is 0.147 e. The molecule has 0 saturated heterocycles. The van der Waals surface area contributed by atoms with E-state index in [-0.39, 0.29) is 0 Å². The quantitative estimate of drug-likeness (QED) is 0.523. The Kier molecular flexibility index (Phi) is 4.77. The molecule has 0 unspecified atom stereocenters. The summed E-state index contributed by atoms with van der Waals surface area (Å²) in [6, 6.07) is 10.6. The molecule has 0 amide bonds. The van der Waals surface area contributed by atoms with Gasteiger partial charge < -0.3 is 0 Å². The van der Waals surface area contributed by atoms with E-state index >= 15 is 0 Å². The van der Waals surface area contributed by atoms with Crippen molar-refractivity contribution in [3.05, 3.63) is 50.6 Å². The molecule has 0 spiro atoms. The minimum absolute atomic E-state index is 0.586. The van der Waals surface area contributed by atoms with Crippen LogP contribution in [-0.2, 0) is 11.6 Å². The zero-order chi connectivity index (χ0) is 11.4. The lowest BCUT2D eigenvalue weighted by molar-refractivity contribution is 1.33. The molecule has 0 saturated carbocycles. The molecule has 0 atom stereocenters. The minimum atomic E-state index is 0.586. The third-order valence-corrected chi connectivity index (χ3v) is 5.33. The van der Waals surface area contributed by atoms with Crippen molar-refractivity contribution in [2.75, 3.05) is 0 Å². The number of thiophene rings is 1. The van der Waals surface area contributed by atoms with Crippen molar-refractivity contribution in [3.8, 4) is 0 Å². The SMILES string of the molecule is ClCc1ccc(SCc2cc(Br)cs2)cc1. The summed E-state index contributed by atoms with van der Waals surface area (Å²) in [6.45, 7) is 0. The van der Waals surface area contributed by atoms with Crippen molar-refractivity contribution < 1.29 is 0 Å². The van der Waals surface area contributed by atoms with Crippen molar-refractivity contribution in [1.82, 2.24) is 0 Å². The minimum Gasteiger partial charge on any atom is -0.147 e. The summed E-state index contributed by atoms with van der Waals surface area (Å²) in [5.74, 6) is 1.61. The molecule has 4 heteroatoms. The van der Waals surface area contributed by atoms with E-state index in [0.29, 0.717) is 5.88 Å². The third kappa shape index (κ3) is 3.52. The Morgan fingerprint density at radius 3 is 2.56 bits per heavy atom. The summed E-state index contributed by atoms with van der Waals surface area (Å²) >= 11 is 12.8. The second-order valence-electron chi connectivity index (χ2n) is 3.30. The molecule has 0 aliphatic heterocycles. The number of thioether (sulfide) groups is 1. The third-order valence-electron chi connectivity index (χ3n) is 2.08.